The highest BCUT2D eigenvalue weighted by molar-refractivity contribution is 5.22. The first-order valence-electron chi connectivity index (χ1n) is 7.89. The van der Waals surface area contributed by atoms with Gasteiger partial charge in [-0.2, -0.15) is 0 Å². The summed E-state index contributed by atoms with van der Waals surface area (Å²) in [5, 5.41) is 0. The number of rotatable bonds is 5. The number of hydrogen-bond donors (Lipinski definition) is 1. The molecule has 2 atom stereocenters. The lowest BCUT2D eigenvalue weighted by molar-refractivity contribution is 0.311. The minimum absolute atomic E-state index is 0.445. The summed E-state index contributed by atoms with van der Waals surface area (Å²) < 4.78 is 0. The van der Waals surface area contributed by atoms with Crippen LogP contribution >= 0.6 is 0 Å². The predicted octanol–water partition coefficient (Wildman–Crippen LogP) is 3.22. The molecule has 1 heterocycles. The second-order valence-electron chi connectivity index (χ2n) is 6.00. The Balaban J connectivity index is 1.61. The normalized spacial score (nSPS) is 20.5. The maximum atomic E-state index is 6.00. The van der Waals surface area contributed by atoms with Crippen LogP contribution in [-0.2, 0) is 0 Å². The minimum Gasteiger partial charge on any atom is -0.330 e. The van der Waals surface area contributed by atoms with E-state index in [1.165, 1.54) is 24.1 Å². The Hall–Kier alpha value is -1.64. The van der Waals surface area contributed by atoms with Crippen molar-refractivity contribution in [2.24, 2.45) is 5.73 Å². The van der Waals surface area contributed by atoms with E-state index < -0.39 is 0 Å². The zero-order chi connectivity index (χ0) is 14.5. The van der Waals surface area contributed by atoms with Crippen LogP contribution in [0.15, 0.2) is 60.7 Å². The van der Waals surface area contributed by atoms with Crippen molar-refractivity contribution in [2.45, 2.75) is 18.3 Å². The second kappa shape index (κ2) is 6.88. The van der Waals surface area contributed by atoms with Gasteiger partial charge in [-0.05, 0) is 30.0 Å². The van der Waals surface area contributed by atoms with E-state index in [1.54, 1.807) is 0 Å². The molecule has 0 aliphatic carbocycles. The van der Waals surface area contributed by atoms with E-state index in [4.69, 9.17) is 5.73 Å². The Morgan fingerprint density at radius 3 is 2.33 bits per heavy atom. The number of hydrogen-bond acceptors (Lipinski definition) is 2. The van der Waals surface area contributed by atoms with Crippen LogP contribution in [0.25, 0.3) is 0 Å². The number of benzene rings is 2. The molecule has 2 unspecified atom stereocenters. The highest BCUT2D eigenvalue weighted by atomic mass is 15.1. The second-order valence-corrected chi connectivity index (χ2v) is 6.00. The van der Waals surface area contributed by atoms with Crippen LogP contribution in [0.3, 0.4) is 0 Å². The lowest BCUT2D eigenvalue weighted by Gasteiger charge is -2.23. The summed E-state index contributed by atoms with van der Waals surface area (Å²) >= 11 is 0. The van der Waals surface area contributed by atoms with E-state index in [9.17, 15) is 0 Å². The van der Waals surface area contributed by atoms with Crippen molar-refractivity contribution in [3.63, 3.8) is 0 Å². The van der Waals surface area contributed by atoms with E-state index >= 15 is 0 Å². The molecule has 2 aromatic rings. The van der Waals surface area contributed by atoms with Gasteiger partial charge in [-0.1, -0.05) is 60.7 Å². The topological polar surface area (TPSA) is 29.3 Å². The van der Waals surface area contributed by atoms with Crippen LogP contribution in [0.1, 0.15) is 29.4 Å². The molecular weight excluding hydrogens is 256 g/mol. The maximum Gasteiger partial charge on any atom is 0.00888 e. The molecule has 1 saturated heterocycles. The highest BCUT2D eigenvalue weighted by Gasteiger charge is 2.25. The van der Waals surface area contributed by atoms with Crippen molar-refractivity contribution in [2.75, 3.05) is 26.2 Å². The molecule has 0 aromatic heterocycles. The van der Waals surface area contributed by atoms with Crippen molar-refractivity contribution >= 4 is 0 Å². The molecule has 1 aliphatic rings. The van der Waals surface area contributed by atoms with Gasteiger partial charge in [0.2, 0.25) is 0 Å². The molecule has 0 bridgehead atoms. The van der Waals surface area contributed by atoms with Crippen molar-refractivity contribution in [3.8, 4) is 0 Å². The van der Waals surface area contributed by atoms with Gasteiger partial charge in [0, 0.05) is 25.6 Å². The Bertz CT molecular complexity index is 538. The molecule has 0 saturated carbocycles. The van der Waals surface area contributed by atoms with Gasteiger partial charge in [0.25, 0.3) is 0 Å². The Kier molecular flexibility index (Phi) is 4.69. The predicted molar refractivity (Wildman–Crippen MR) is 88.5 cm³/mol. The third-order valence-corrected chi connectivity index (χ3v) is 4.58. The largest absolute Gasteiger partial charge is 0.330 e. The zero-order valence-corrected chi connectivity index (χ0v) is 12.5. The van der Waals surface area contributed by atoms with Crippen molar-refractivity contribution in [1.82, 2.24) is 4.90 Å². The quantitative estimate of drug-likeness (QED) is 0.911. The average molecular weight is 280 g/mol. The van der Waals surface area contributed by atoms with Gasteiger partial charge < -0.3 is 10.6 Å². The molecule has 1 fully saturated rings. The molecule has 0 amide bonds. The minimum atomic E-state index is 0.445. The molecule has 21 heavy (non-hydrogen) atoms. The van der Waals surface area contributed by atoms with Crippen LogP contribution in [0.5, 0.6) is 0 Å². The summed E-state index contributed by atoms with van der Waals surface area (Å²) in [5.41, 5.74) is 8.84. The molecule has 2 nitrogen and oxygen atoms in total. The summed E-state index contributed by atoms with van der Waals surface area (Å²) in [6.45, 7) is 4.14. The van der Waals surface area contributed by atoms with Crippen LogP contribution in [0.4, 0.5) is 0 Å². The molecule has 1 aliphatic heterocycles. The monoisotopic (exact) mass is 280 g/mol. The fourth-order valence-electron chi connectivity index (χ4n) is 3.35. The average Bonchev–Trinajstić information content (AvgIpc) is 3.03. The lowest BCUT2D eigenvalue weighted by Crippen LogP contribution is -2.30. The smallest absolute Gasteiger partial charge is 0.00888 e. The highest BCUT2D eigenvalue weighted by Crippen LogP contribution is 2.28. The number of likely N-dealkylation sites (tertiary alicyclic amines) is 1. The standard InChI is InChI=1S/C19H24N2/c20-13-19(17-9-5-2-6-10-17)15-21-12-11-18(14-21)16-7-3-1-4-8-16/h1-10,18-19H,11-15,20H2. The summed E-state index contributed by atoms with van der Waals surface area (Å²) in [4.78, 5) is 2.57. The molecule has 2 heteroatoms. The van der Waals surface area contributed by atoms with E-state index in [1.807, 2.05) is 0 Å². The lowest BCUT2D eigenvalue weighted by atomic mass is 9.98. The van der Waals surface area contributed by atoms with E-state index in [-0.39, 0.29) is 0 Å². The summed E-state index contributed by atoms with van der Waals surface area (Å²) in [7, 11) is 0. The van der Waals surface area contributed by atoms with Gasteiger partial charge in [-0.15, -0.1) is 0 Å². The van der Waals surface area contributed by atoms with Gasteiger partial charge in [0.1, 0.15) is 0 Å². The fourth-order valence-corrected chi connectivity index (χ4v) is 3.35. The van der Waals surface area contributed by atoms with Crippen LogP contribution in [0, 0.1) is 0 Å². The Morgan fingerprint density at radius 1 is 1.00 bits per heavy atom. The first-order valence-corrected chi connectivity index (χ1v) is 7.89. The summed E-state index contributed by atoms with van der Waals surface area (Å²) in [5.74, 6) is 1.13. The van der Waals surface area contributed by atoms with Crippen molar-refractivity contribution < 1.29 is 0 Å². The van der Waals surface area contributed by atoms with Gasteiger partial charge >= 0.3 is 0 Å². The van der Waals surface area contributed by atoms with Gasteiger partial charge in [-0.25, -0.2) is 0 Å². The van der Waals surface area contributed by atoms with E-state index in [0.717, 1.165) is 19.6 Å². The number of nitrogens with two attached hydrogens (primary N) is 1. The summed E-state index contributed by atoms with van der Waals surface area (Å²) in [6, 6.07) is 21.6. The van der Waals surface area contributed by atoms with Crippen LogP contribution in [-0.4, -0.2) is 31.1 Å². The van der Waals surface area contributed by atoms with Gasteiger partial charge in [0.15, 0.2) is 0 Å². The molecule has 2 aromatic carbocycles. The van der Waals surface area contributed by atoms with Crippen LogP contribution < -0.4 is 5.73 Å². The van der Waals surface area contributed by atoms with Crippen LogP contribution in [0.2, 0.25) is 0 Å². The molecule has 0 spiro atoms. The van der Waals surface area contributed by atoms with E-state index in [0.29, 0.717) is 11.8 Å². The first-order chi connectivity index (χ1) is 10.4. The first kappa shape index (κ1) is 14.3. The van der Waals surface area contributed by atoms with Crippen molar-refractivity contribution in [1.29, 1.82) is 0 Å². The molecule has 110 valence electrons. The molecular formula is C19H24N2. The van der Waals surface area contributed by atoms with Gasteiger partial charge in [0.05, 0.1) is 0 Å². The van der Waals surface area contributed by atoms with E-state index in [2.05, 4.69) is 65.6 Å². The zero-order valence-electron chi connectivity index (χ0n) is 12.5. The van der Waals surface area contributed by atoms with Gasteiger partial charge in [-0.3, -0.25) is 0 Å². The maximum absolute atomic E-state index is 6.00. The molecule has 0 radical (unpaired) electrons. The SMILES string of the molecule is NCC(CN1CCC(c2ccccc2)C1)c1ccccc1. The molecule has 2 N–H and O–H groups in total. The third kappa shape index (κ3) is 3.52. The van der Waals surface area contributed by atoms with Crippen molar-refractivity contribution in [3.05, 3.63) is 71.8 Å². The third-order valence-electron chi connectivity index (χ3n) is 4.58. The Morgan fingerprint density at radius 2 is 1.67 bits per heavy atom. The number of nitrogens with zero attached hydrogens (tertiary/aromatic N) is 1. The fraction of sp³-hybridized carbons (Fsp3) is 0.368. The Labute approximate surface area is 127 Å². The molecule has 3 rings (SSSR count). The summed E-state index contributed by atoms with van der Waals surface area (Å²) in [6.07, 6.45) is 1.26.